The van der Waals surface area contributed by atoms with E-state index in [1.165, 1.54) is 24.6 Å². The quantitative estimate of drug-likeness (QED) is 0.585. The summed E-state index contributed by atoms with van der Waals surface area (Å²) in [6.07, 6.45) is 8.04. The number of nitrogens with one attached hydrogen (secondary N) is 1. The maximum atomic E-state index is 12.3. The Labute approximate surface area is 166 Å². The summed E-state index contributed by atoms with van der Waals surface area (Å²) in [5.74, 6) is 1.51. The zero-order valence-corrected chi connectivity index (χ0v) is 16.2. The summed E-state index contributed by atoms with van der Waals surface area (Å²) in [5.41, 5.74) is 0.892. The lowest BCUT2D eigenvalue weighted by Crippen LogP contribution is -2.19. The van der Waals surface area contributed by atoms with E-state index in [2.05, 4.69) is 15.4 Å². The van der Waals surface area contributed by atoms with Crippen molar-refractivity contribution in [3.8, 4) is 11.3 Å². The molecule has 6 nitrogen and oxygen atoms in total. The van der Waals surface area contributed by atoms with E-state index >= 15 is 0 Å². The Hall–Kier alpha value is -2.25. The summed E-state index contributed by atoms with van der Waals surface area (Å²) in [7, 11) is 0. The first-order chi connectivity index (χ1) is 13.2. The average molecular weight is 403 g/mol. The maximum absolute atomic E-state index is 12.3. The third-order valence-electron chi connectivity index (χ3n) is 4.55. The zero-order valence-electron chi connectivity index (χ0n) is 14.6. The number of oxazole rings is 1. The molecule has 27 heavy (non-hydrogen) atoms. The number of thioether (sulfide) groups is 1. The van der Waals surface area contributed by atoms with E-state index in [4.69, 9.17) is 16.0 Å². The number of benzene rings is 1. The predicted octanol–water partition coefficient (Wildman–Crippen LogP) is 5.04. The molecule has 1 amide bonds. The summed E-state index contributed by atoms with van der Waals surface area (Å²) in [6, 6.07) is 9.56. The first-order valence-electron chi connectivity index (χ1n) is 8.87. The normalized spacial score (nSPS) is 14.6. The minimum absolute atomic E-state index is 0.106. The van der Waals surface area contributed by atoms with Crippen molar-refractivity contribution in [3.05, 3.63) is 47.7 Å². The van der Waals surface area contributed by atoms with E-state index in [-0.39, 0.29) is 11.7 Å². The molecular formula is C19H19ClN4O2S. The molecule has 3 aromatic rings. The second-order valence-electron chi connectivity index (χ2n) is 6.43. The number of hydrogen-bond acceptors (Lipinski definition) is 5. The summed E-state index contributed by atoms with van der Waals surface area (Å²) < 4.78 is 7.64. The van der Waals surface area contributed by atoms with Crippen LogP contribution in [-0.4, -0.2) is 26.4 Å². The molecule has 1 saturated carbocycles. The van der Waals surface area contributed by atoms with Gasteiger partial charge in [-0.1, -0.05) is 36.2 Å². The van der Waals surface area contributed by atoms with Gasteiger partial charge in [-0.3, -0.25) is 4.79 Å². The van der Waals surface area contributed by atoms with E-state index in [1.54, 1.807) is 24.5 Å². The smallest absolute Gasteiger partial charge is 0.256 e. The highest BCUT2D eigenvalue weighted by atomic mass is 35.5. The minimum Gasteiger partial charge on any atom is -0.431 e. The molecule has 0 spiro atoms. The topological polar surface area (TPSA) is 73.0 Å². The van der Waals surface area contributed by atoms with Gasteiger partial charge in [0.25, 0.3) is 5.22 Å². The molecular weight excluding hydrogens is 384 g/mol. The molecule has 140 valence electrons. The third-order valence-corrected chi connectivity index (χ3v) is 5.64. The Kier molecular flexibility index (Phi) is 5.50. The number of hydrogen-bond donors (Lipinski definition) is 1. The van der Waals surface area contributed by atoms with Crippen LogP contribution in [0.5, 0.6) is 0 Å². The van der Waals surface area contributed by atoms with Gasteiger partial charge in [0.1, 0.15) is 5.82 Å². The highest BCUT2D eigenvalue weighted by Gasteiger charge is 2.20. The first-order valence-corrected chi connectivity index (χ1v) is 10.2. The SMILES string of the molecule is O=C(CSc1ncc(-c2ccc(Cl)cc2)o1)Nc1ccnn1C1CCCC1. The molecule has 4 rings (SSSR count). The van der Waals surface area contributed by atoms with Crippen LogP contribution >= 0.6 is 23.4 Å². The molecule has 0 unspecified atom stereocenters. The van der Waals surface area contributed by atoms with Crippen LogP contribution in [0, 0.1) is 0 Å². The zero-order chi connectivity index (χ0) is 18.6. The number of carbonyl (C=O) groups excluding carboxylic acids is 1. The monoisotopic (exact) mass is 402 g/mol. The van der Waals surface area contributed by atoms with Crippen LogP contribution in [0.2, 0.25) is 5.02 Å². The fourth-order valence-electron chi connectivity index (χ4n) is 3.23. The lowest BCUT2D eigenvalue weighted by molar-refractivity contribution is -0.113. The molecule has 2 aromatic heterocycles. The second-order valence-corrected chi connectivity index (χ2v) is 7.80. The molecule has 8 heteroatoms. The van der Waals surface area contributed by atoms with Gasteiger partial charge in [0.05, 0.1) is 24.2 Å². The largest absolute Gasteiger partial charge is 0.431 e. The van der Waals surface area contributed by atoms with E-state index in [0.717, 1.165) is 24.2 Å². The molecule has 0 saturated heterocycles. The van der Waals surface area contributed by atoms with E-state index in [9.17, 15) is 4.79 Å². The lowest BCUT2D eigenvalue weighted by Gasteiger charge is -2.14. The van der Waals surface area contributed by atoms with Crippen molar-refractivity contribution in [2.75, 3.05) is 11.1 Å². The van der Waals surface area contributed by atoms with Crippen LogP contribution in [0.4, 0.5) is 5.82 Å². The Morgan fingerprint density at radius 2 is 2.04 bits per heavy atom. The predicted molar refractivity (Wildman–Crippen MR) is 106 cm³/mol. The van der Waals surface area contributed by atoms with Crippen LogP contribution in [0.1, 0.15) is 31.7 Å². The van der Waals surface area contributed by atoms with Crippen molar-refractivity contribution in [2.24, 2.45) is 0 Å². The molecule has 1 fully saturated rings. The minimum atomic E-state index is -0.106. The number of halogens is 1. The van der Waals surface area contributed by atoms with Crippen molar-refractivity contribution in [1.82, 2.24) is 14.8 Å². The molecule has 1 aliphatic rings. The number of carbonyl (C=O) groups is 1. The Balaban J connectivity index is 1.33. The van der Waals surface area contributed by atoms with Crippen molar-refractivity contribution >= 4 is 35.1 Å². The number of aromatic nitrogens is 3. The molecule has 1 aromatic carbocycles. The number of rotatable bonds is 6. The fraction of sp³-hybridized carbons (Fsp3) is 0.316. The van der Waals surface area contributed by atoms with Gasteiger partial charge in [0.15, 0.2) is 5.76 Å². The van der Waals surface area contributed by atoms with Gasteiger partial charge < -0.3 is 9.73 Å². The molecule has 1 aliphatic carbocycles. The third kappa shape index (κ3) is 4.36. The summed E-state index contributed by atoms with van der Waals surface area (Å²) in [6.45, 7) is 0. The van der Waals surface area contributed by atoms with E-state index in [1.807, 2.05) is 22.9 Å². The Bertz CT molecular complexity index is 916. The van der Waals surface area contributed by atoms with Crippen LogP contribution in [-0.2, 0) is 4.79 Å². The van der Waals surface area contributed by atoms with Crippen molar-refractivity contribution in [3.63, 3.8) is 0 Å². The summed E-state index contributed by atoms with van der Waals surface area (Å²) in [5, 5.41) is 8.43. The van der Waals surface area contributed by atoms with Gasteiger partial charge in [-0.15, -0.1) is 0 Å². The molecule has 0 radical (unpaired) electrons. The van der Waals surface area contributed by atoms with Crippen LogP contribution < -0.4 is 5.32 Å². The van der Waals surface area contributed by atoms with Crippen LogP contribution in [0.3, 0.4) is 0 Å². The van der Waals surface area contributed by atoms with Crippen molar-refractivity contribution in [1.29, 1.82) is 0 Å². The Morgan fingerprint density at radius 1 is 1.26 bits per heavy atom. The number of nitrogens with zero attached hydrogens (tertiary/aromatic N) is 3. The standard InChI is InChI=1S/C19H19ClN4O2S/c20-14-7-5-13(6-8-14)16-11-21-19(26-16)27-12-18(25)23-17-9-10-22-24(17)15-3-1-2-4-15/h5-11,15H,1-4,12H2,(H,23,25). The van der Waals surface area contributed by atoms with Gasteiger partial charge in [-0.2, -0.15) is 5.10 Å². The van der Waals surface area contributed by atoms with Crippen molar-refractivity contribution in [2.45, 2.75) is 36.9 Å². The molecule has 0 aliphatic heterocycles. The lowest BCUT2D eigenvalue weighted by atomic mass is 10.2. The highest BCUT2D eigenvalue weighted by molar-refractivity contribution is 7.99. The summed E-state index contributed by atoms with van der Waals surface area (Å²) in [4.78, 5) is 16.5. The van der Waals surface area contributed by atoms with E-state index in [0.29, 0.717) is 22.0 Å². The molecule has 1 N–H and O–H groups in total. The van der Waals surface area contributed by atoms with Gasteiger partial charge in [0, 0.05) is 16.7 Å². The van der Waals surface area contributed by atoms with E-state index < -0.39 is 0 Å². The maximum Gasteiger partial charge on any atom is 0.256 e. The van der Waals surface area contributed by atoms with Gasteiger partial charge in [-0.25, -0.2) is 9.67 Å². The fourth-order valence-corrected chi connectivity index (χ4v) is 3.96. The van der Waals surface area contributed by atoms with Crippen molar-refractivity contribution < 1.29 is 9.21 Å². The van der Waals surface area contributed by atoms with Gasteiger partial charge in [0.2, 0.25) is 5.91 Å². The first kappa shape index (κ1) is 18.1. The van der Waals surface area contributed by atoms with Crippen LogP contribution in [0.15, 0.2) is 52.4 Å². The average Bonchev–Trinajstić information content (AvgIpc) is 3.42. The highest BCUT2D eigenvalue weighted by Crippen LogP contribution is 2.31. The molecule has 0 bridgehead atoms. The summed E-state index contributed by atoms with van der Waals surface area (Å²) >= 11 is 7.16. The molecule has 0 atom stereocenters. The van der Waals surface area contributed by atoms with Crippen LogP contribution in [0.25, 0.3) is 11.3 Å². The Morgan fingerprint density at radius 3 is 2.81 bits per heavy atom. The molecule has 2 heterocycles. The number of amides is 1. The number of anilines is 1. The van der Waals surface area contributed by atoms with Gasteiger partial charge in [-0.05, 0) is 37.1 Å². The van der Waals surface area contributed by atoms with Gasteiger partial charge >= 0.3 is 0 Å². The second kappa shape index (κ2) is 8.19.